The van der Waals surface area contributed by atoms with Crippen molar-refractivity contribution in [1.82, 2.24) is 15.2 Å². The number of aryl methyl sites for hydroxylation is 1. The van der Waals surface area contributed by atoms with E-state index >= 15 is 0 Å². The second-order valence-electron chi connectivity index (χ2n) is 6.99. The lowest BCUT2D eigenvalue weighted by Gasteiger charge is -2.31. The van der Waals surface area contributed by atoms with Crippen LogP contribution in [0.2, 0.25) is 0 Å². The highest BCUT2D eigenvalue weighted by Gasteiger charge is 2.20. The van der Waals surface area contributed by atoms with E-state index in [0.29, 0.717) is 6.54 Å². The van der Waals surface area contributed by atoms with Gasteiger partial charge in [-0.2, -0.15) is 0 Å². The molecule has 156 valence electrons. The van der Waals surface area contributed by atoms with Gasteiger partial charge in [0.2, 0.25) is 5.91 Å². The monoisotopic (exact) mass is 444 g/mol. The number of amides is 1. The van der Waals surface area contributed by atoms with Crippen LogP contribution in [0.15, 0.2) is 29.6 Å². The summed E-state index contributed by atoms with van der Waals surface area (Å²) in [6.07, 6.45) is 3.61. The first-order valence-corrected chi connectivity index (χ1v) is 10.2. The third-order valence-corrected chi connectivity index (χ3v) is 5.71. The third kappa shape index (κ3) is 7.33. The molecule has 0 radical (unpaired) electrons. The summed E-state index contributed by atoms with van der Waals surface area (Å²) >= 11 is 1.64. The number of hydrogen-bond acceptors (Lipinski definition) is 5. The Balaban J connectivity index is 0.00000196. The number of aromatic nitrogens is 1. The number of carbonyl (C=O) groups is 1. The SMILES string of the molecule is CNCCC1CCN(CC(=O)Nc2cccc(-c3csc(C)n3)c2)CC1.Cl.Cl. The third-order valence-electron chi connectivity index (χ3n) is 4.94. The van der Waals surface area contributed by atoms with E-state index in [4.69, 9.17) is 0 Å². The van der Waals surface area contributed by atoms with E-state index in [-0.39, 0.29) is 30.7 Å². The Morgan fingerprint density at radius 2 is 2.04 bits per heavy atom. The lowest BCUT2D eigenvalue weighted by atomic mass is 9.93. The van der Waals surface area contributed by atoms with Crippen molar-refractivity contribution in [2.45, 2.75) is 26.2 Å². The average Bonchev–Trinajstić information content (AvgIpc) is 3.08. The fraction of sp³-hybridized carbons (Fsp3) is 0.500. The Labute approximate surface area is 184 Å². The number of benzene rings is 1. The molecule has 1 aromatic heterocycles. The number of carbonyl (C=O) groups excluding carboxylic acids is 1. The van der Waals surface area contributed by atoms with Crippen molar-refractivity contribution >= 4 is 47.7 Å². The minimum atomic E-state index is 0. The smallest absolute Gasteiger partial charge is 0.238 e. The van der Waals surface area contributed by atoms with Crippen LogP contribution in [0.3, 0.4) is 0 Å². The number of anilines is 1. The number of piperidine rings is 1. The van der Waals surface area contributed by atoms with Crippen LogP contribution in [0, 0.1) is 12.8 Å². The fourth-order valence-electron chi connectivity index (χ4n) is 3.44. The molecule has 1 amide bonds. The van der Waals surface area contributed by atoms with Gasteiger partial charge >= 0.3 is 0 Å². The highest BCUT2D eigenvalue weighted by Crippen LogP contribution is 2.24. The van der Waals surface area contributed by atoms with E-state index in [9.17, 15) is 4.79 Å². The van der Waals surface area contributed by atoms with Crippen LogP contribution in [0.4, 0.5) is 5.69 Å². The average molecular weight is 445 g/mol. The van der Waals surface area contributed by atoms with Crippen molar-refractivity contribution in [3.63, 3.8) is 0 Å². The first-order valence-electron chi connectivity index (χ1n) is 9.33. The van der Waals surface area contributed by atoms with Crippen molar-refractivity contribution in [3.8, 4) is 11.3 Å². The molecular formula is C20H30Cl2N4OS. The van der Waals surface area contributed by atoms with Crippen molar-refractivity contribution in [1.29, 1.82) is 0 Å². The summed E-state index contributed by atoms with van der Waals surface area (Å²) in [6, 6.07) is 7.92. The van der Waals surface area contributed by atoms with Crippen LogP contribution in [-0.2, 0) is 4.79 Å². The molecule has 0 saturated carbocycles. The molecule has 0 spiro atoms. The standard InChI is InChI=1S/C20H28N4OS.2ClH/c1-15-22-19(14-26-15)17-4-3-5-18(12-17)23-20(25)13-24-10-7-16(8-11-24)6-9-21-2;;/h3-5,12,14,16,21H,6-11,13H2,1-2H3,(H,23,25);2*1H. The van der Waals surface area contributed by atoms with E-state index in [0.717, 1.165) is 47.5 Å². The number of rotatable bonds is 7. The molecule has 3 rings (SSSR count). The number of halogens is 2. The molecule has 2 heterocycles. The number of hydrogen-bond donors (Lipinski definition) is 2. The zero-order valence-electron chi connectivity index (χ0n) is 16.4. The molecule has 0 bridgehead atoms. The van der Waals surface area contributed by atoms with Gasteiger partial charge in [0, 0.05) is 16.6 Å². The van der Waals surface area contributed by atoms with E-state index < -0.39 is 0 Å². The summed E-state index contributed by atoms with van der Waals surface area (Å²) in [5.74, 6) is 0.852. The molecule has 1 aliphatic heterocycles. The summed E-state index contributed by atoms with van der Waals surface area (Å²) in [4.78, 5) is 19.2. The molecule has 0 atom stereocenters. The Kier molecular flexibility index (Phi) is 11.0. The van der Waals surface area contributed by atoms with Gasteiger partial charge in [-0.3, -0.25) is 9.69 Å². The van der Waals surface area contributed by atoms with Crippen molar-refractivity contribution in [2.24, 2.45) is 5.92 Å². The van der Waals surface area contributed by atoms with E-state index in [2.05, 4.69) is 25.9 Å². The number of nitrogens with one attached hydrogen (secondary N) is 2. The number of likely N-dealkylation sites (tertiary alicyclic amines) is 1. The van der Waals surface area contributed by atoms with Crippen LogP contribution in [0.25, 0.3) is 11.3 Å². The van der Waals surface area contributed by atoms with Gasteiger partial charge in [0.15, 0.2) is 0 Å². The lowest BCUT2D eigenvalue weighted by molar-refractivity contribution is -0.117. The van der Waals surface area contributed by atoms with E-state index in [1.165, 1.54) is 19.3 Å². The van der Waals surface area contributed by atoms with Crippen molar-refractivity contribution in [2.75, 3.05) is 38.5 Å². The molecule has 0 aliphatic carbocycles. The molecule has 2 aromatic rings. The molecule has 28 heavy (non-hydrogen) atoms. The van der Waals surface area contributed by atoms with Gasteiger partial charge in [0.05, 0.1) is 17.2 Å². The van der Waals surface area contributed by atoms with Gasteiger partial charge < -0.3 is 10.6 Å². The topological polar surface area (TPSA) is 57.3 Å². The highest BCUT2D eigenvalue weighted by atomic mass is 35.5. The molecule has 1 aromatic carbocycles. The van der Waals surface area contributed by atoms with E-state index in [1.54, 1.807) is 11.3 Å². The molecular weight excluding hydrogens is 415 g/mol. The molecule has 8 heteroatoms. The quantitative estimate of drug-likeness (QED) is 0.670. The predicted octanol–water partition coefficient (Wildman–Crippen LogP) is 4.22. The molecule has 1 saturated heterocycles. The van der Waals surface area contributed by atoms with Gasteiger partial charge in [-0.15, -0.1) is 36.2 Å². The maximum absolute atomic E-state index is 12.4. The number of thiazole rings is 1. The van der Waals surface area contributed by atoms with Gasteiger partial charge in [0.1, 0.15) is 0 Å². The number of nitrogens with zero attached hydrogens (tertiary/aromatic N) is 2. The first-order chi connectivity index (χ1) is 12.6. The van der Waals surface area contributed by atoms with Gasteiger partial charge in [-0.25, -0.2) is 4.98 Å². The molecule has 2 N–H and O–H groups in total. The summed E-state index contributed by atoms with van der Waals surface area (Å²) in [7, 11) is 2.00. The fourth-order valence-corrected chi connectivity index (χ4v) is 4.06. The maximum atomic E-state index is 12.4. The van der Waals surface area contributed by atoms with Gasteiger partial charge in [-0.05, 0) is 70.9 Å². The zero-order valence-corrected chi connectivity index (χ0v) is 18.9. The first kappa shape index (κ1) is 24.9. The van der Waals surface area contributed by atoms with Crippen LogP contribution in [-0.4, -0.2) is 49.0 Å². The van der Waals surface area contributed by atoms with E-state index in [1.807, 2.05) is 38.2 Å². The Morgan fingerprint density at radius 1 is 1.29 bits per heavy atom. The Morgan fingerprint density at radius 3 is 2.68 bits per heavy atom. The summed E-state index contributed by atoms with van der Waals surface area (Å²) in [5, 5.41) is 9.36. The Bertz CT molecular complexity index is 733. The molecule has 1 aliphatic rings. The minimum absolute atomic E-state index is 0. The summed E-state index contributed by atoms with van der Waals surface area (Å²) in [5.41, 5.74) is 2.84. The van der Waals surface area contributed by atoms with Crippen LogP contribution in [0.1, 0.15) is 24.3 Å². The zero-order chi connectivity index (χ0) is 18.4. The van der Waals surface area contributed by atoms with Gasteiger partial charge in [-0.1, -0.05) is 12.1 Å². The minimum Gasteiger partial charge on any atom is -0.325 e. The van der Waals surface area contributed by atoms with Crippen LogP contribution >= 0.6 is 36.2 Å². The molecule has 0 unspecified atom stereocenters. The van der Waals surface area contributed by atoms with Crippen molar-refractivity contribution < 1.29 is 4.79 Å². The second kappa shape index (κ2) is 12.4. The largest absolute Gasteiger partial charge is 0.325 e. The van der Waals surface area contributed by atoms with Crippen molar-refractivity contribution in [3.05, 3.63) is 34.7 Å². The lowest BCUT2D eigenvalue weighted by Crippen LogP contribution is -2.39. The van der Waals surface area contributed by atoms with Gasteiger partial charge in [0.25, 0.3) is 0 Å². The normalized spacial score (nSPS) is 14.8. The second-order valence-corrected chi connectivity index (χ2v) is 8.05. The summed E-state index contributed by atoms with van der Waals surface area (Å²) in [6.45, 7) is 5.58. The molecule has 5 nitrogen and oxygen atoms in total. The van der Waals surface area contributed by atoms with Crippen LogP contribution in [0.5, 0.6) is 0 Å². The Hall–Kier alpha value is -1.18. The molecule has 1 fully saturated rings. The highest BCUT2D eigenvalue weighted by molar-refractivity contribution is 7.09. The van der Waals surface area contributed by atoms with Crippen LogP contribution < -0.4 is 10.6 Å². The maximum Gasteiger partial charge on any atom is 0.238 e. The summed E-state index contributed by atoms with van der Waals surface area (Å²) < 4.78 is 0. The predicted molar refractivity (Wildman–Crippen MR) is 123 cm³/mol.